The Labute approximate surface area is 143 Å². The topological polar surface area (TPSA) is 59.5 Å². The number of pyridine rings is 1. The summed E-state index contributed by atoms with van der Waals surface area (Å²) < 4.78 is 32.6. The van der Waals surface area contributed by atoms with Gasteiger partial charge in [0.2, 0.25) is 15.9 Å². The summed E-state index contributed by atoms with van der Waals surface area (Å²) in [5.74, 6) is 0.585. The molecule has 5 nitrogen and oxygen atoms in total. The number of nitrogens with zero attached hydrogens (tertiary/aromatic N) is 2. The summed E-state index contributed by atoms with van der Waals surface area (Å²) in [7, 11) is -3.33. The van der Waals surface area contributed by atoms with E-state index in [0.29, 0.717) is 25.4 Å². The summed E-state index contributed by atoms with van der Waals surface area (Å²) in [5.41, 5.74) is 2.77. The van der Waals surface area contributed by atoms with Crippen LogP contribution in [0.15, 0.2) is 42.5 Å². The average molecular weight is 346 g/mol. The molecule has 2 aromatic rings. The minimum absolute atomic E-state index is 0.0318. The summed E-state index contributed by atoms with van der Waals surface area (Å²) in [4.78, 5) is 4.31. The number of aromatic nitrogens is 1. The molecule has 1 atom stereocenters. The van der Waals surface area contributed by atoms with E-state index in [-0.39, 0.29) is 11.9 Å². The molecule has 1 aromatic carbocycles. The molecular weight excluding hydrogens is 324 g/mol. The molecule has 0 radical (unpaired) electrons. The van der Waals surface area contributed by atoms with E-state index >= 15 is 0 Å². The van der Waals surface area contributed by atoms with E-state index < -0.39 is 10.0 Å². The third-order valence-electron chi connectivity index (χ3n) is 4.08. The second-order valence-corrected chi connectivity index (χ2v) is 8.22. The standard InChI is InChI=1S/C18H22N2O3S/c1-14-5-3-7-16(11-14)13-24(21,22)20-10-9-17(12-20)23-18-8-4-6-15(2)19-18/h3-8,11,17H,9-10,12-13H2,1-2H3. The van der Waals surface area contributed by atoms with Gasteiger partial charge in [0.1, 0.15) is 6.10 Å². The molecule has 3 rings (SSSR count). The third-order valence-corrected chi connectivity index (χ3v) is 5.90. The molecule has 0 bridgehead atoms. The molecule has 24 heavy (non-hydrogen) atoms. The number of sulfonamides is 1. The molecule has 1 aromatic heterocycles. The fourth-order valence-electron chi connectivity index (χ4n) is 2.90. The highest BCUT2D eigenvalue weighted by atomic mass is 32.2. The van der Waals surface area contributed by atoms with Crippen LogP contribution in [-0.4, -0.2) is 36.9 Å². The Balaban J connectivity index is 1.64. The van der Waals surface area contributed by atoms with Crippen molar-refractivity contribution in [3.05, 3.63) is 59.3 Å². The summed E-state index contributed by atoms with van der Waals surface area (Å²) in [6.45, 7) is 4.74. The van der Waals surface area contributed by atoms with Gasteiger partial charge in [-0.1, -0.05) is 35.9 Å². The van der Waals surface area contributed by atoms with Crippen molar-refractivity contribution >= 4 is 10.0 Å². The highest BCUT2D eigenvalue weighted by Gasteiger charge is 2.32. The fourth-order valence-corrected chi connectivity index (χ4v) is 4.47. The van der Waals surface area contributed by atoms with Gasteiger partial charge < -0.3 is 4.74 Å². The van der Waals surface area contributed by atoms with Crippen LogP contribution in [0.25, 0.3) is 0 Å². The van der Waals surface area contributed by atoms with Crippen molar-refractivity contribution in [3.8, 4) is 5.88 Å². The number of hydrogen-bond acceptors (Lipinski definition) is 4. The van der Waals surface area contributed by atoms with Crippen molar-refractivity contribution in [2.75, 3.05) is 13.1 Å². The van der Waals surface area contributed by atoms with Gasteiger partial charge in [-0.25, -0.2) is 13.4 Å². The number of ether oxygens (including phenoxy) is 1. The molecular formula is C18H22N2O3S. The van der Waals surface area contributed by atoms with Crippen molar-refractivity contribution < 1.29 is 13.2 Å². The summed E-state index contributed by atoms with van der Waals surface area (Å²) >= 11 is 0. The zero-order valence-corrected chi connectivity index (χ0v) is 14.8. The Hall–Kier alpha value is -1.92. The van der Waals surface area contributed by atoms with E-state index in [2.05, 4.69) is 4.98 Å². The predicted molar refractivity (Wildman–Crippen MR) is 93.4 cm³/mol. The third kappa shape index (κ3) is 4.13. The molecule has 1 aliphatic heterocycles. The SMILES string of the molecule is Cc1cccc(CS(=O)(=O)N2CCC(Oc3cccc(C)n3)C2)c1. The molecule has 128 valence electrons. The first-order valence-corrected chi connectivity index (χ1v) is 9.67. The number of hydrogen-bond donors (Lipinski definition) is 0. The highest BCUT2D eigenvalue weighted by Crippen LogP contribution is 2.21. The summed E-state index contributed by atoms with van der Waals surface area (Å²) in [5, 5.41) is 0. The zero-order chi connectivity index (χ0) is 17.2. The smallest absolute Gasteiger partial charge is 0.218 e. The Morgan fingerprint density at radius 1 is 1.21 bits per heavy atom. The summed E-state index contributed by atoms with van der Waals surface area (Å²) in [6.07, 6.45) is 0.537. The van der Waals surface area contributed by atoms with Crippen LogP contribution >= 0.6 is 0 Å². The van der Waals surface area contributed by atoms with Gasteiger partial charge in [-0.3, -0.25) is 0 Å². The largest absolute Gasteiger partial charge is 0.473 e. The molecule has 1 unspecified atom stereocenters. The fraction of sp³-hybridized carbons (Fsp3) is 0.389. The van der Waals surface area contributed by atoms with Crippen molar-refractivity contribution in [3.63, 3.8) is 0 Å². The Morgan fingerprint density at radius 2 is 2.00 bits per heavy atom. The van der Waals surface area contributed by atoms with Gasteiger partial charge in [-0.15, -0.1) is 0 Å². The monoisotopic (exact) mass is 346 g/mol. The first-order valence-electron chi connectivity index (χ1n) is 8.06. The van der Waals surface area contributed by atoms with Crippen LogP contribution in [0.2, 0.25) is 0 Å². The van der Waals surface area contributed by atoms with Crippen molar-refractivity contribution in [1.29, 1.82) is 0 Å². The van der Waals surface area contributed by atoms with Crippen LogP contribution in [0.3, 0.4) is 0 Å². The molecule has 0 saturated carbocycles. The Bertz CT molecular complexity index is 821. The normalized spacial score (nSPS) is 18.7. The molecule has 0 N–H and O–H groups in total. The van der Waals surface area contributed by atoms with E-state index in [4.69, 9.17) is 4.74 Å². The van der Waals surface area contributed by atoms with E-state index in [9.17, 15) is 8.42 Å². The lowest BCUT2D eigenvalue weighted by Crippen LogP contribution is -2.32. The van der Waals surface area contributed by atoms with Crippen molar-refractivity contribution in [1.82, 2.24) is 9.29 Å². The second kappa shape index (κ2) is 6.91. The van der Waals surface area contributed by atoms with Gasteiger partial charge in [-0.2, -0.15) is 4.31 Å². The molecule has 0 spiro atoms. The predicted octanol–water partition coefficient (Wildman–Crippen LogP) is 2.68. The number of rotatable bonds is 5. The first kappa shape index (κ1) is 16.9. The average Bonchev–Trinajstić information content (AvgIpc) is 2.96. The van der Waals surface area contributed by atoms with Gasteiger partial charge in [0, 0.05) is 18.3 Å². The van der Waals surface area contributed by atoms with Crippen LogP contribution in [0.1, 0.15) is 23.2 Å². The van der Waals surface area contributed by atoms with Crippen LogP contribution in [0.4, 0.5) is 0 Å². The van der Waals surface area contributed by atoms with E-state index in [0.717, 1.165) is 16.8 Å². The molecule has 1 fully saturated rings. The van der Waals surface area contributed by atoms with Gasteiger partial charge in [0.15, 0.2) is 0 Å². The van der Waals surface area contributed by atoms with Gasteiger partial charge in [-0.05, 0) is 31.9 Å². The maximum absolute atomic E-state index is 12.6. The van der Waals surface area contributed by atoms with Crippen LogP contribution < -0.4 is 4.74 Å². The van der Waals surface area contributed by atoms with Gasteiger partial charge in [0.25, 0.3) is 0 Å². The minimum Gasteiger partial charge on any atom is -0.473 e. The van der Waals surface area contributed by atoms with E-state index in [1.807, 2.05) is 50.2 Å². The molecule has 0 aliphatic carbocycles. The molecule has 6 heteroatoms. The number of aryl methyl sites for hydroxylation is 2. The lowest BCUT2D eigenvalue weighted by atomic mass is 10.2. The van der Waals surface area contributed by atoms with Gasteiger partial charge >= 0.3 is 0 Å². The minimum atomic E-state index is -3.33. The molecule has 0 amide bonds. The summed E-state index contributed by atoms with van der Waals surface area (Å²) in [6, 6.07) is 13.2. The zero-order valence-electron chi connectivity index (χ0n) is 14.0. The second-order valence-electron chi connectivity index (χ2n) is 6.25. The Kier molecular flexibility index (Phi) is 4.87. The lowest BCUT2D eigenvalue weighted by molar-refractivity contribution is 0.206. The van der Waals surface area contributed by atoms with Crippen molar-refractivity contribution in [2.45, 2.75) is 32.1 Å². The van der Waals surface area contributed by atoms with E-state index in [1.54, 1.807) is 6.07 Å². The lowest BCUT2D eigenvalue weighted by Gasteiger charge is -2.17. The maximum Gasteiger partial charge on any atom is 0.218 e. The maximum atomic E-state index is 12.6. The first-order chi connectivity index (χ1) is 11.4. The van der Waals surface area contributed by atoms with Crippen LogP contribution in [0, 0.1) is 13.8 Å². The molecule has 2 heterocycles. The quantitative estimate of drug-likeness (QED) is 0.835. The molecule has 1 aliphatic rings. The van der Waals surface area contributed by atoms with Crippen LogP contribution in [-0.2, 0) is 15.8 Å². The molecule has 1 saturated heterocycles. The Morgan fingerprint density at radius 3 is 2.75 bits per heavy atom. The van der Waals surface area contributed by atoms with Crippen LogP contribution in [0.5, 0.6) is 5.88 Å². The highest BCUT2D eigenvalue weighted by molar-refractivity contribution is 7.88. The van der Waals surface area contributed by atoms with Crippen molar-refractivity contribution in [2.24, 2.45) is 0 Å². The van der Waals surface area contributed by atoms with Gasteiger partial charge in [0.05, 0.1) is 12.3 Å². The number of benzene rings is 1. The van der Waals surface area contributed by atoms with E-state index in [1.165, 1.54) is 4.31 Å².